The highest BCUT2D eigenvalue weighted by Gasteiger charge is 2.25. The van der Waals surface area contributed by atoms with Gasteiger partial charge in [0.05, 0.1) is 10.5 Å². The number of urea groups is 1. The number of nitro groups is 1. The van der Waals surface area contributed by atoms with Crippen molar-refractivity contribution >= 4 is 51.4 Å². The number of nitrogens with one attached hydrogen (secondary N) is 2. The minimum Gasteiger partial charge on any atom is -0.365 e. The van der Waals surface area contributed by atoms with Crippen LogP contribution in [0.4, 0.5) is 21.2 Å². The van der Waals surface area contributed by atoms with E-state index < -0.39 is 16.9 Å². The molecule has 10 heteroatoms. The fourth-order valence-electron chi connectivity index (χ4n) is 2.51. The van der Waals surface area contributed by atoms with E-state index in [9.17, 15) is 19.7 Å². The molecule has 3 amide bonds. The third-order valence-corrected chi connectivity index (χ3v) is 5.95. The molecule has 0 fully saturated rings. The van der Waals surface area contributed by atoms with E-state index >= 15 is 0 Å². The summed E-state index contributed by atoms with van der Waals surface area (Å²) in [6, 6.07) is 4.92. The Kier molecular flexibility index (Phi) is 4.91. The molecule has 4 N–H and O–H groups in total. The molecule has 0 unspecified atom stereocenters. The number of rotatable bonds is 4. The van der Waals surface area contributed by atoms with Gasteiger partial charge in [0.2, 0.25) is 0 Å². The molecule has 130 valence electrons. The van der Waals surface area contributed by atoms with Crippen LogP contribution < -0.4 is 16.4 Å². The number of anilines is 2. The Morgan fingerprint density at radius 3 is 2.56 bits per heavy atom. The monoisotopic (exact) mass is 378 g/mol. The van der Waals surface area contributed by atoms with Crippen LogP contribution in [-0.2, 0) is 12.2 Å². The molecule has 1 aromatic carbocycles. The molecule has 2 heterocycles. The van der Waals surface area contributed by atoms with Crippen LogP contribution in [-0.4, -0.2) is 22.6 Å². The highest BCUT2D eigenvalue weighted by atomic mass is 32.2. The number of hydrogen-bond donors (Lipinski definition) is 3. The molecule has 25 heavy (non-hydrogen) atoms. The molecule has 0 atom stereocenters. The first-order valence-electron chi connectivity index (χ1n) is 7.30. The quantitative estimate of drug-likeness (QED) is 0.556. The Bertz CT molecular complexity index is 848. The Morgan fingerprint density at radius 1 is 1.20 bits per heavy atom. The number of thioether (sulfide) groups is 1. The maximum Gasteiger partial charge on any atom is 0.324 e. The van der Waals surface area contributed by atoms with Crippen LogP contribution in [0.2, 0.25) is 0 Å². The van der Waals surface area contributed by atoms with Crippen LogP contribution in [0.5, 0.6) is 0 Å². The fraction of sp³-hybridized carbons (Fsp3) is 0.200. The van der Waals surface area contributed by atoms with Gasteiger partial charge in [0.15, 0.2) is 0 Å². The standard InChI is InChI=1S/C15H14N4O4S2/c16-13(20)12-10-5-6-24-7-11(10)25-14(12)18-15(21)17-8-1-3-9(4-2-8)19(22)23/h1-4H,5-7H2,(H2,16,20)(H2,17,18,21). The first kappa shape index (κ1) is 17.2. The van der Waals surface area contributed by atoms with Gasteiger partial charge in [0.25, 0.3) is 11.6 Å². The van der Waals surface area contributed by atoms with Crippen LogP contribution in [0.3, 0.4) is 0 Å². The average molecular weight is 378 g/mol. The molecule has 0 aliphatic carbocycles. The van der Waals surface area contributed by atoms with Gasteiger partial charge in [-0.2, -0.15) is 11.8 Å². The van der Waals surface area contributed by atoms with E-state index in [-0.39, 0.29) is 5.69 Å². The molecule has 1 aliphatic heterocycles. The van der Waals surface area contributed by atoms with Crippen molar-refractivity contribution in [2.24, 2.45) is 5.73 Å². The molecule has 1 aliphatic rings. The number of non-ortho nitro benzene ring substituents is 1. The number of nitrogens with two attached hydrogens (primary N) is 1. The molecule has 2 aromatic rings. The first-order chi connectivity index (χ1) is 12.0. The van der Waals surface area contributed by atoms with E-state index in [4.69, 9.17) is 5.73 Å². The van der Waals surface area contributed by atoms with Crippen LogP contribution in [0, 0.1) is 10.1 Å². The smallest absolute Gasteiger partial charge is 0.324 e. The van der Waals surface area contributed by atoms with Crippen molar-refractivity contribution in [2.45, 2.75) is 12.2 Å². The van der Waals surface area contributed by atoms with E-state index in [1.165, 1.54) is 35.6 Å². The summed E-state index contributed by atoms with van der Waals surface area (Å²) in [4.78, 5) is 35.1. The summed E-state index contributed by atoms with van der Waals surface area (Å²) in [6.07, 6.45) is 0.750. The van der Waals surface area contributed by atoms with Gasteiger partial charge in [-0.15, -0.1) is 11.3 Å². The minimum atomic E-state index is -0.560. The average Bonchev–Trinajstić information content (AvgIpc) is 2.92. The van der Waals surface area contributed by atoms with Gasteiger partial charge in [0, 0.05) is 28.5 Å². The predicted octanol–water partition coefficient (Wildman–Crippen LogP) is 3.19. The molecule has 0 spiro atoms. The lowest BCUT2D eigenvalue weighted by molar-refractivity contribution is -0.384. The lowest BCUT2D eigenvalue weighted by Crippen LogP contribution is -2.22. The van der Waals surface area contributed by atoms with Crippen molar-refractivity contribution < 1.29 is 14.5 Å². The number of carbonyl (C=O) groups excluding carboxylic acids is 2. The maximum atomic E-state index is 12.2. The number of thiophene rings is 1. The summed E-state index contributed by atoms with van der Waals surface area (Å²) < 4.78 is 0. The van der Waals surface area contributed by atoms with Crippen LogP contribution in [0.15, 0.2) is 24.3 Å². The zero-order chi connectivity index (χ0) is 18.0. The van der Waals surface area contributed by atoms with E-state index in [1.54, 1.807) is 11.8 Å². The van der Waals surface area contributed by atoms with Crippen LogP contribution in [0.25, 0.3) is 0 Å². The Balaban J connectivity index is 1.75. The molecular weight excluding hydrogens is 364 g/mol. The minimum absolute atomic E-state index is 0.0644. The molecule has 0 saturated carbocycles. The van der Waals surface area contributed by atoms with Gasteiger partial charge >= 0.3 is 6.03 Å². The molecule has 0 saturated heterocycles. The van der Waals surface area contributed by atoms with Crippen molar-refractivity contribution in [2.75, 3.05) is 16.4 Å². The highest BCUT2D eigenvalue weighted by molar-refractivity contribution is 7.98. The second-order valence-electron chi connectivity index (χ2n) is 5.26. The Hall–Kier alpha value is -2.59. The number of amides is 3. The largest absolute Gasteiger partial charge is 0.365 e. The summed E-state index contributed by atoms with van der Waals surface area (Å²) in [5.41, 5.74) is 7.11. The van der Waals surface area contributed by atoms with Crippen molar-refractivity contribution in [3.63, 3.8) is 0 Å². The normalized spacial score (nSPS) is 13.0. The molecule has 1 aromatic heterocycles. The summed E-state index contributed by atoms with van der Waals surface area (Å²) in [7, 11) is 0. The zero-order valence-electron chi connectivity index (χ0n) is 12.9. The highest BCUT2D eigenvalue weighted by Crippen LogP contribution is 2.39. The fourth-order valence-corrected chi connectivity index (χ4v) is 4.89. The second-order valence-corrected chi connectivity index (χ2v) is 7.47. The van der Waals surface area contributed by atoms with Crippen molar-refractivity contribution in [1.29, 1.82) is 0 Å². The van der Waals surface area contributed by atoms with Crippen LogP contribution >= 0.6 is 23.1 Å². The van der Waals surface area contributed by atoms with Gasteiger partial charge in [0.1, 0.15) is 5.00 Å². The predicted molar refractivity (Wildman–Crippen MR) is 98.4 cm³/mol. The second kappa shape index (κ2) is 7.11. The Labute approximate surface area is 150 Å². The van der Waals surface area contributed by atoms with Crippen molar-refractivity contribution in [3.8, 4) is 0 Å². The number of primary amides is 1. The molecule has 0 bridgehead atoms. The third-order valence-electron chi connectivity index (χ3n) is 3.63. The first-order valence-corrected chi connectivity index (χ1v) is 9.27. The number of hydrogen-bond acceptors (Lipinski definition) is 6. The lowest BCUT2D eigenvalue weighted by atomic mass is 10.1. The zero-order valence-corrected chi connectivity index (χ0v) is 14.5. The van der Waals surface area contributed by atoms with E-state index in [0.717, 1.165) is 28.4 Å². The molecule has 3 rings (SSSR count). The number of carbonyl (C=O) groups is 2. The summed E-state index contributed by atoms with van der Waals surface area (Å²) in [6.45, 7) is 0. The van der Waals surface area contributed by atoms with Gasteiger partial charge in [-0.3, -0.25) is 20.2 Å². The number of fused-ring (bicyclic) bond motifs is 1. The van der Waals surface area contributed by atoms with Crippen molar-refractivity contribution in [1.82, 2.24) is 0 Å². The molecule has 8 nitrogen and oxygen atoms in total. The summed E-state index contributed by atoms with van der Waals surface area (Å²) in [5, 5.41) is 16.3. The molecule has 0 radical (unpaired) electrons. The summed E-state index contributed by atoms with van der Waals surface area (Å²) in [5.74, 6) is 1.15. The van der Waals surface area contributed by atoms with Crippen LogP contribution in [0.1, 0.15) is 20.8 Å². The van der Waals surface area contributed by atoms with E-state index in [0.29, 0.717) is 16.3 Å². The van der Waals surface area contributed by atoms with Gasteiger partial charge in [-0.1, -0.05) is 0 Å². The molecular formula is C15H14N4O4S2. The SMILES string of the molecule is NC(=O)c1c(NC(=O)Nc2ccc([N+](=O)[O-])cc2)sc2c1CCSC2. The Morgan fingerprint density at radius 2 is 1.92 bits per heavy atom. The van der Waals surface area contributed by atoms with Gasteiger partial charge in [-0.05, 0) is 29.9 Å². The third kappa shape index (κ3) is 3.74. The van der Waals surface area contributed by atoms with Crippen molar-refractivity contribution in [3.05, 3.63) is 50.4 Å². The van der Waals surface area contributed by atoms with E-state index in [1.807, 2.05) is 0 Å². The number of nitrogens with zero attached hydrogens (tertiary/aromatic N) is 1. The number of benzene rings is 1. The number of nitro benzene ring substituents is 1. The summed E-state index contributed by atoms with van der Waals surface area (Å²) >= 11 is 3.12. The van der Waals surface area contributed by atoms with E-state index in [2.05, 4.69) is 10.6 Å². The van der Waals surface area contributed by atoms with Gasteiger partial charge in [-0.25, -0.2) is 4.79 Å². The van der Waals surface area contributed by atoms with Gasteiger partial charge < -0.3 is 11.1 Å². The lowest BCUT2D eigenvalue weighted by Gasteiger charge is -2.11. The maximum absolute atomic E-state index is 12.2. The topological polar surface area (TPSA) is 127 Å².